The van der Waals surface area contributed by atoms with E-state index in [1.54, 1.807) is 0 Å². The summed E-state index contributed by atoms with van der Waals surface area (Å²) >= 11 is 0. The van der Waals surface area contributed by atoms with E-state index in [1.165, 1.54) is 32.3 Å². The minimum absolute atomic E-state index is 0.770. The number of rotatable bonds is 7. The van der Waals surface area contributed by atoms with Crippen LogP contribution in [-0.4, -0.2) is 10.3 Å². The number of nitrogens with zero attached hydrogens (tertiary/aromatic N) is 2. The van der Waals surface area contributed by atoms with Crippen LogP contribution in [0.1, 0.15) is 23.6 Å². The predicted octanol–water partition coefficient (Wildman–Crippen LogP) is 16.4. The molecule has 0 unspecified atom stereocenters. The molecule has 0 amide bonds. The third-order valence-electron chi connectivity index (χ3n) is 12.8. The number of aliphatic imine (C=N–C) groups is 1. The van der Waals surface area contributed by atoms with Crippen LogP contribution in [0.5, 0.6) is 0 Å². The molecule has 0 saturated heterocycles. The van der Waals surface area contributed by atoms with Crippen molar-refractivity contribution in [3.63, 3.8) is 0 Å². The normalized spacial score (nSPS) is 12.5. The van der Waals surface area contributed by atoms with E-state index in [2.05, 4.69) is 218 Å². The lowest BCUT2D eigenvalue weighted by Gasteiger charge is -2.17. The Balaban J connectivity index is 1.17. The number of furan rings is 1. The minimum Gasteiger partial charge on any atom is -0.456 e. The van der Waals surface area contributed by atoms with E-state index in [0.29, 0.717) is 0 Å². The van der Waals surface area contributed by atoms with E-state index in [1.807, 2.05) is 0 Å². The number of benzene rings is 10. The summed E-state index contributed by atoms with van der Waals surface area (Å²) in [6.45, 7) is 11.4. The number of allylic oxidation sites excluding steroid dienone is 3. The Labute approximate surface area is 364 Å². The Hall–Kier alpha value is -8.27. The fraction of sp³-hybridized carbons (Fsp3) is 0.0167. The van der Waals surface area contributed by atoms with Gasteiger partial charge in [-0.25, -0.2) is 0 Å². The van der Waals surface area contributed by atoms with Crippen LogP contribution < -0.4 is 0 Å². The SMILES string of the molecule is C=C(/C=C(\N=C(/C)c1cccc2ccccc12)c1cc2c(cc1-n1c3ccccc3c3cc4ccccc4cc31)oc1cc3ccccc3cc12)C(=C)c1ccc2ccccc2c1. The van der Waals surface area contributed by atoms with Gasteiger partial charge >= 0.3 is 0 Å². The van der Waals surface area contributed by atoms with Crippen molar-refractivity contribution in [2.24, 2.45) is 4.99 Å². The van der Waals surface area contributed by atoms with Gasteiger partial charge in [0.25, 0.3) is 0 Å². The summed E-state index contributed by atoms with van der Waals surface area (Å²) in [6, 6.07) is 69.2. The van der Waals surface area contributed by atoms with Crippen LogP contribution in [-0.2, 0) is 0 Å². The first-order valence-corrected chi connectivity index (χ1v) is 21.4. The molecule has 3 nitrogen and oxygen atoms in total. The van der Waals surface area contributed by atoms with Crippen LogP contribution in [0.15, 0.2) is 228 Å². The maximum Gasteiger partial charge on any atom is 0.137 e. The van der Waals surface area contributed by atoms with E-state index < -0.39 is 0 Å². The number of para-hydroxylation sites is 1. The number of aromatic nitrogens is 1. The topological polar surface area (TPSA) is 30.4 Å². The van der Waals surface area contributed by atoms with Crippen LogP contribution in [0.25, 0.3) is 104 Å². The minimum atomic E-state index is 0.770. The fourth-order valence-corrected chi connectivity index (χ4v) is 9.57. The molecule has 2 aromatic heterocycles. The monoisotopic (exact) mass is 804 g/mol. The first kappa shape index (κ1) is 36.6. The van der Waals surface area contributed by atoms with E-state index in [-0.39, 0.29) is 0 Å². The van der Waals surface area contributed by atoms with E-state index >= 15 is 0 Å². The highest BCUT2D eigenvalue weighted by molar-refractivity contribution is 6.17. The zero-order valence-corrected chi connectivity index (χ0v) is 34.8. The number of hydrogen-bond acceptors (Lipinski definition) is 2. The summed E-state index contributed by atoms with van der Waals surface area (Å²) in [4.78, 5) is 5.67. The third kappa shape index (κ3) is 6.08. The van der Waals surface area contributed by atoms with Gasteiger partial charge in [-0.05, 0) is 115 Å². The molecule has 0 atom stereocenters. The molecule has 2 heterocycles. The van der Waals surface area contributed by atoms with Gasteiger partial charge in [0.1, 0.15) is 11.2 Å². The summed E-state index contributed by atoms with van der Waals surface area (Å²) in [7, 11) is 0. The molecule has 63 heavy (non-hydrogen) atoms. The lowest BCUT2D eigenvalue weighted by atomic mass is 9.95. The van der Waals surface area contributed by atoms with Crippen LogP contribution >= 0.6 is 0 Å². The molecule has 3 heteroatoms. The van der Waals surface area contributed by atoms with Crippen molar-refractivity contribution >= 4 is 104 Å². The molecule has 0 aliphatic carbocycles. The molecular formula is C60H40N2O. The first-order valence-electron chi connectivity index (χ1n) is 21.4. The van der Waals surface area contributed by atoms with Crippen molar-refractivity contribution in [2.45, 2.75) is 6.92 Å². The molecule has 0 bridgehead atoms. The van der Waals surface area contributed by atoms with Gasteiger partial charge in [-0.1, -0.05) is 159 Å². The van der Waals surface area contributed by atoms with E-state index in [4.69, 9.17) is 16.0 Å². The number of hydrogen-bond donors (Lipinski definition) is 0. The highest BCUT2D eigenvalue weighted by atomic mass is 16.3. The molecule has 10 aromatic carbocycles. The quantitative estimate of drug-likeness (QED) is 0.117. The Morgan fingerprint density at radius 3 is 1.79 bits per heavy atom. The fourth-order valence-electron chi connectivity index (χ4n) is 9.57. The second kappa shape index (κ2) is 14.4. The van der Waals surface area contributed by atoms with Gasteiger partial charge in [-0.3, -0.25) is 4.99 Å². The average Bonchev–Trinajstić information content (AvgIpc) is 3.84. The van der Waals surface area contributed by atoms with Crippen LogP contribution in [0, 0.1) is 0 Å². The highest BCUT2D eigenvalue weighted by Gasteiger charge is 2.22. The molecule has 0 aliphatic rings. The van der Waals surface area contributed by atoms with E-state index in [0.717, 1.165) is 99.4 Å². The second-order valence-electron chi connectivity index (χ2n) is 16.6. The Morgan fingerprint density at radius 2 is 1.03 bits per heavy atom. The van der Waals surface area contributed by atoms with Crippen molar-refractivity contribution in [3.05, 3.63) is 236 Å². The van der Waals surface area contributed by atoms with Crippen molar-refractivity contribution in [2.75, 3.05) is 0 Å². The summed E-state index contributed by atoms with van der Waals surface area (Å²) in [6.07, 6.45) is 2.12. The molecule has 0 N–H and O–H groups in total. The van der Waals surface area contributed by atoms with Gasteiger partial charge in [-0.15, -0.1) is 0 Å². The molecule has 0 spiro atoms. The Morgan fingerprint density at radius 1 is 0.460 bits per heavy atom. The van der Waals surface area contributed by atoms with Crippen LogP contribution in [0.3, 0.4) is 0 Å². The Bertz CT molecular complexity index is 3960. The second-order valence-corrected chi connectivity index (χ2v) is 16.6. The summed E-state index contributed by atoms with van der Waals surface area (Å²) in [5.74, 6) is 0. The summed E-state index contributed by atoms with van der Waals surface area (Å²) in [5.41, 5.74) is 11.1. The van der Waals surface area contributed by atoms with Crippen molar-refractivity contribution < 1.29 is 4.42 Å². The molecular weight excluding hydrogens is 765 g/mol. The highest BCUT2D eigenvalue weighted by Crippen LogP contribution is 2.42. The van der Waals surface area contributed by atoms with E-state index in [9.17, 15) is 0 Å². The smallest absolute Gasteiger partial charge is 0.137 e. The molecule has 0 fully saturated rings. The average molecular weight is 805 g/mol. The van der Waals surface area contributed by atoms with Crippen molar-refractivity contribution in [3.8, 4) is 5.69 Å². The van der Waals surface area contributed by atoms with Crippen LogP contribution in [0.2, 0.25) is 0 Å². The Kier molecular flexibility index (Phi) is 8.38. The zero-order valence-electron chi connectivity index (χ0n) is 34.8. The van der Waals surface area contributed by atoms with Gasteiger partial charge in [0, 0.05) is 44.4 Å². The maximum absolute atomic E-state index is 6.84. The molecule has 0 aliphatic heterocycles. The lowest BCUT2D eigenvalue weighted by Crippen LogP contribution is -2.02. The maximum atomic E-state index is 6.84. The van der Waals surface area contributed by atoms with Crippen molar-refractivity contribution in [1.29, 1.82) is 0 Å². The molecule has 0 saturated carbocycles. The number of fused-ring (bicyclic) bond motifs is 10. The first-order chi connectivity index (χ1) is 30.9. The zero-order chi connectivity index (χ0) is 42.2. The largest absolute Gasteiger partial charge is 0.456 e. The summed E-state index contributed by atoms with van der Waals surface area (Å²) < 4.78 is 9.23. The van der Waals surface area contributed by atoms with Gasteiger partial charge in [-0.2, -0.15) is 0 Å². The van der Waals surface area contributed by atoms with Gasteiger partial charge < -0.3 is 8.98 Å². The van der Waals surface area contributed by atoms with Gasteiger partial charge in [0.15, 0.2) is 0 Å². The van der Waals surface area contributed by atoms with Gasteiger partial charge in [0.05, 0.1) is 22.4 Å². The molecule has 296 valence electrons. The molecule has 12 rings (SSSR count). The standard InChI is InChI=1S/C60H40N2O/c1-37(38(2)42-28-27-40-15-4-5-17-43(40)30-42)29-55(61-39(3)48-25-14-22-41-16-10-11-23-49(41)48)54-35-53-52-32-45-19-7-9-21-47(45)34-59(52)63-60(53)36-58(54)62-56-26-13-12-24-50(56)51-31-44-18-6-8-20-46(44)33-57(51)62/h4-36H,1-2H2,3H3/b55-29-,61-39+. The van der Waals surface area contributed by atoms with Crippen molar-refractivity contribution in [1.82, 2.24) is 4.57 Å². The third-order valence-corrected chi connectivity index (χ3v) is 12.8. The lowest BCUT2D eigenvalue weighted by molar-refractivity contribution is 0.669. The molecule has 0 radical (unpaired) electrons. The van der Waals surface area contributed by atoms with Crippen LogP contribution in [0.4, 0.5) is 0 Å². The molecule has 12 aromatic rings. The van der Waals surface area contributed by atoms with Gasteiger partial charge in [0.2, 0.25) is 0 Å². The summed E-state index contributed by atoms with van der Waals surface area (Å²) in [5, 5.41) is 13.8. The predicted molar refractivity (Wildman–Crippen MR) is 269 cm³/mol.